The van der Waals surface area contributed by atoms with Gasteiger partial charge in [-0.2, -0.15) is 0 Å². The van der Waals surface area contributed by atoms with E-state index < -0.39 is 0 Å². The van der Waals surface area contributed by atoms with E-state index in [1.807, 2.05) is 48.5 Å². The van der Waals surface area contributed by atoms with E-state index in [-0.39, 0.29) is 17.8 Å². The third-order valence-electron chi connectivity index (χ3n) is 4.32. The molecule has 0 heterocycles. The molecule has 0 aliphatic rings. The maximum atomic E-state index is 12.5. The Hall–Kier alpha value is -2.49. The van der Waals surface area contributed by atoms with Gasteiger partial charge in [0.25, 0.3) is 0 Å². The molecule has 0 aromatic heterocycles. The summed E-state index contributed by atoms with van der Waals surface area (Å²) in [6, 6.07) is 15.4. The van der Waals surface area contributed by atoms with Crippen molar-refractivity contribution in [1.82, 2.24) is 0 Å². The molecular formula is C20H24O4. The second kappa shape index (κ2) is 8.39. The van der Waals surface area contributed by atoms with Crippen LogP contribution in [0.15, 0.2) is 48.5 Å². The van der Waals surface area contributed by atoms with Gasteiger partial charge in [0.1, 0.15) is 11.5 Å². The molecule has 2 rings (SSSR count). The van der Waals surface area contributed by atoms with Crippen LogP contribution in [0.2, 0.25) is 0 Å². The molecule has 0 spiro atoms. The Morgan fingerprint density at radius 2 is 1.29 bits per heavy atom. The molecule has 24 heavy (non-hydrogen) atoms. The van der Waals surface area contributed by atoms with Gasteiger partial charge in [-0.3, -0.25) is 4.79 Å². The molecule has 0 saturated heterocycles. The summed E-state index contributed by atoms with van der Waals surface area (Å²) in [5.74, 6) is 0.992. The van der Waals surface area contributed by atoms with Crippen molar-refractivity contribution in [3.8, 4) is 11.5 Å². The minimum absolute atomic E-state index is 0.0248. The van der Waals surface area contributed by atoms with Gasteiger partial charge in [0.05, 0.1) is 27.2 Å². The first-order valence-corrected chi connectivity index (χ1v) is 8.00. The normalized spacial score (nSPS) is 13.0. The Morgan fingerprint density at radius 3 is 1.67 bits per heavy atom. The van der Waals surface area contributed by atoms with Crippen LogP contribution in [0, 0.1) is 0 Å². The van der Waals surface area contributed by atoms with Gasteiger partial charge in [-0.1, -0.05) is 31.2 Å². The molecule has 0 N–H and O–H groups in total. The number of rotatable bonds is 7. The number of carbonyl (C=O) groups is 1. The summed E-state index contributed by atoms with van der Waals surface area (Å²) in [6.07, 6.45) is 0.818. The van der Waals surface area contributed by atoms with Crippen molar-refractivity contribution in [2.45, 2.75) is 25.2 Å². The molecule has 0 radical (unpaired) electrons. The average Bonchev–Trinajstić information content (AvgIpc) is 2.65. The highest BCUT2D eigenvalue weighted by atomic mass is 16.5. The zero-order chi connectivity index (χ0) is 17.5. The van der Waals surface area contributed by atoms with Gasteiger partial charge in [0.15, 0.2) is 0 Å². The number of ether oxygens (including phenoxy) is 3. The number of esters is 1. The van der Waals surface area contributed by atoms with Crippen molar-refractivity contribution in [2.75, 3.05) is 21.3 Å². The Morgan fingerprint density at radius 1 is 0.833 bits per heavy atom. The molecule has 128 valence electrons. The van der Waals surface area contributed by atoms with Crippen LogP contribution in [-0.2, 0) is 9.53 Å². The standard InChI is InChI=1S/C20H24O4/c1-5-18(14-6-10-16(22-2)11-7-14)19(20(21)24-4)15-8-12-17(23-3)13-9-15/h6-13,18-19H,5H2,1-4H3/t18-,19-/m0/s1. The average molecular weight is 328 g/mol. The fourth-order valence-corrected chi connectivity index (χ4v) is 2.99. The third-order valence-corrected chi connectivity index (χ3v) is 4.32. The molecule has 0 aliphatic heterocycles. The van der Waals surface area contributed by atoms with Crippen molar-refractivity contribution in [1.29, 1.82) is 0 Å². The molecule has 4 heteroatoms. The molecule has 0 unspecified atom stereocenters. The summed E-state index contributed by atoms with van der Waals surface area (Å²) in [5.41, 5.74) is 2.01. The van der Waals surface area contributed by atoms with E-state index >= 15 is 0 Å². The predicted octanol–water partition coefficient (Wildman–Crippen LogP) is 4.15. The molecule has 2 aromatic rings. The van der Waals surface area contributed by atoms with Gasteiger partial charge in [-0.05, 0) is 41.8 Å². The Labute approximate surface area is 143 Å². The number of carbonyl (C=O) groups excluding carboxylic acids is 1. The second-order valence-electron chi connectivity index (χ2n) is 5.56. The lowest BCUT2D eigenvalue weighted by molar-refractivity contribution is -0.143. The van der Waals surface area contributed by atoms with E-state index in [0.29, 0.717) is 0 Å². The van der Waals surface area contributed by atoms with Gasteiger partial charge in [-0.15, -0.1) is 0 Å². The van der Waals surface area contributed by atoms with Crippen molar-refractivity contribution in [3.63, 3.8) is 0 Å². The fourth-order valence-electron chi connectivity index (χ4n) is 2.99. The first-order valence-electron chi connectivity index (χ1n) is 8.00. The second-order valence-corrected chi connectivity index (χ2v) is 5.56. The van der Waals surface area contributed by atoms with Crippen LogP contribution in [0.25, 0.3) is 0 Å². The molecule has 0 bridgehead atoms. The highest BCUT2D eigenvalue weighted by Gasteiger charge is 2.31. The monoisotopic (exact) mass is 328 g/mol. The summed E-state index contributed by atoms with van der Waals surface area (Å²) >= 11 is 0. The number of methoxy groups -OCH3 is 3. The fraction of sp³-hybridized carbons (Fsp3) is 0.350. The Kier molecular flexibility index (Phi) is 6.24. The Bertz CT molecular complexity index is 646. The highest BCUT2D eigenvalue weighted by Crippen LogP contribution is 2.37. The summed E-state index contributed by atoms with van der Waals surface area (Å²) in [4.78, 5) is 12.5. The van der Waals surface area contributed by atoms with Gasteiger partial charge in [-0.25, -0.2) is 0 Å². The lowest BCUT2D eigenvalue weighted by atomic mass is 9.80. The molecule has 0 amide bonds. The minimum atomic E-state index is -0.362. The third kappa shape index (κ3) is 3.88. The first kappa shape index (κ1) is 17.9. The van der Waals surface area contributed by atoms with Crippen LogP contribution >= 0.6 is 0 Å². The minimum Gasteiger partial charge on any atom is -0.497 e. The van der Waals surface area contributed by atoms with E-state index in [1.165, 1.54) is 7.11 Å². The van der Waals surface area contributed by atoms with Gasteiger partial charge in [0, 0.05) is 5.92 Å². The molecular weight excluding hydrogens is 304 g/mol. The van der Waals surface area contributed by atoms with Crippen LogP contribution < -0.4 is 9.47 Å². The molecule has 0 aliphatic carbocycles. The lowest BCUT2D eigenvalue weighted by Crippen LogP contribution is -2.21. The summed E-state index contributed by atoms with van der Waals surface area (Å²) in [5, 5.41) is 0. The van der Waals surface area contributed by atoms with E-state index in [2.05, 4.69) is 6.92 Å². The number of benzene rings is 2. The summed E-state index contributed by atoms with van der Waals surface area (Å²) in [7, 11) is 4.69. The van der Waals surface area contributed by atoms with E-state index in [0.717, 1.165) is 29.0 Å². The number of hydrogen-bond donors (Lipinski definition) is 0. The predicted molar refractivity (Wildman–Crippen MR) is 93.8 cm³/mol. The first-order chi connectivity index (χ1) is 11.6. The Balaban J connectivity index is 2.40. The van der Waals surface area contributed by atoms with E-state index in [1.54, 1.807) is 14.2 Å². The van der Waals surface area contributed by atoms with E-state index in [9.17, 15) is 4.79 Å². The van der Waals surface area contributed by atoms with Crippen LogP contribution in [0.3, 0.4) is 0 Å². The van der Waals surface area contributed by atoms with Gasteiger partial charge < -0.3 is 14.2 Å². The van der Waals surface area contributed by atoms with Crippen molar-refractivity contribution in [2.24, 2.45) is 0 Å². The number of hydrogen-bond acceptors (Lipinski definition) is 4. The zero-order valence-electron chi connectivity index (χ0n) is 14.6. The quantitative estimate of drug-likeness (QED) is 0.716. The summed E-state index contributed by atoms with van der Waals surface area (Å²) < 4.78 is 15.5. The van der Waals surface area contributed by atoms with E-state index in [4.69, 9.17) is 14.2 Å². The van der Waals surface area contributed by atoms with Crippen LogP contribution in [0.4, 0.5) is 0 Å². The zero-order valence-corrected chi connectivity index (χ0v) is 14.6. The molecule has 4 nitrogen and oxygen atoms in total. The SMILES string of the molecule is CC[C@@H](c1ccc(OC)cc1)[C@@H](C(=O)OC)c1ccc(OC)cc1. The highest BCUT2D eigenvalue weighted by molar-refractivity contribution is 5.79. The molecule has 0 saturated carbocycles. The maximum Gasteiger partial charge on any atom is 0.313 e. The topological polar surface area (TPSA) is 44.8 Å². The molecule has 0 fully saturated rings. The molecule has 2 aromatic carbocycles. The smallest absolute Gasteiger partial charge is 0.313 e. The van der Waals surface area contributed by atoms with Crippen LogP contribution in [0.1, 0.15) is 36.3 Å². The van der Waals surface area contributed by atoms with Crippen molar-refractivity contribution < 1.29 is 19.0 Å². The lowest BCUT2D eigenvalue weighted by Gasteiger charge is -2.25. The van der Waals surface area contributed by atoms with Crippen LogP contribution in [0.5, 0.6) is 11.5 Å². The van der Waals surface area contributed by atoms with Crippen LogP contribution in [-0.4, -0.2) is 27.3 Å². The largest absolute Gasteiger partial charge is 0.497 e. The van der Waals surface area contributed by atoms with Gasteiger partial charge in [0.2, 0.25) is 0 Å². The van der Waals surface area contributed by atoms with Crippen molar-refractivity contribution in [3.05, 3.63) is 59.7 Å². The summed E-state index contributed by atoms with van der Waals surface area (Å²) in [6.45, 7) is 2.08. The van der Waals surface area contributed by atoms with Crippen molar-refractivity contribution >= 4 is 5.97 Å². The van der Waals surface area contributed by atoms with Gasteiger partial charge >= 0.3 is 5.97 Å². The maximum absolute atomic E-state index is 12.5. The molecule has 2 atom stereocenters.